The van der Waals surface area contributed by atoms with E-state index in [1.807, 2.05) is 0 Å². The summed E-state index contributed by atoms with van der Waals surface area (Å²) < 4.78 is 0. The van der Waals surface area contributed by atoms with E-state index in [1.54, 1.807) is 11.1 Å². The molecule has 1 fully saturated rings. The predicted octanol–water partition coefficient (Wildman–Crippen LogP) is 2.92. The van der Waals surface area contributed by atoms with Gasteiger partial charge >= 0.3 is 0 Å². The van der Waals surface area contributed by atoms with E-state index < -0.39 is 0 Å². The molecule has 2 aliphatic carbocycles. The van der Waals surface area contributed by atoms with Gasteiger partial charge in [-0.2, -0.15) is 0 Å². The van der Waals surface area contributed by atoms with Crippen LogP contribution in [0.3, 0.4) is 0 Å². The van der Waals surface area contributed by atoms with E-state index in [1.165, 1.54) is 38.5 Å². The van der Waals surface area contributed by atoms with Gasteiger partial charge in [-0.05, 0) is 67.5 Å². The van der Waals surface area contributed by atoms with Crippen LogP contribution in [0.25, 0.3) is 0 Å². The fraction of sp³-hybridized carbons (Fsp3) is 0.600. The maximum Gasteiger partial charge on any atom is -0.00489 e. The Hall–Kier alpha value is -0.820. The zero-order chi connectivity index (χ0) is 11.0. The first-order chi connectivity index (χ1) is 7.81. The Morgan fingerprint density at radius 1 is 1.06 bits per heavy atom. The lowest BCUT2D eigenvalue weighted by Crippen LogP contribution is -2.30. The van der Waals surface area contributed by atoms with Gasteiger partial charge in [0.25, 0.3) is 0 Å². The Morgan fingerprint density at radius 3 is 2.12 bits per heavy atom. The highest BCUT2D eigenvalue weighted by Crippen LogP contribution is 2.48. The van der Waals surface area contributed by atoms with E-state index in [9.17, 15) is 0 Å². The number of rotatable bonds is 1. The fourth-order valence-corrected chi connectivity index (χ4v) is 3.65. The third kappa shape index (κ3) is 1.67. The summed E-state index contributed by atoms with van der Waals surface area (Å²) in [5.74, 6) is 0.800. The quantitative estimate of drug-likeness (QED) is 0.766. The largest absolute Gasteiger partial charge is 0.330 e. The van der Waals surface area contributed by atoms with Crippen LogP contribution in [-0.4, -0.2) is 6.54 Å². The first-order valence-electron chi connectivity index (χ1n) is 6.58. The van der Waals surface area contributed by atoms with Gasteiger partial charge in [-0.1, -0.05) is 24.3 Å². The van der Waals surface area contributed by atoms with E-state index in [2.05, 4.69) is 24.3 Å². The molecule has 2 N–H and O–H groups in total. The second-order valence-corrected chi connectivity index (χ2v) is 5.80. The summed E-state index contributed by atoms with van der Waals surface area (Å²) in [6, 6.07) is 9.00. The lowest BCUT2D eigenvalue weighted by Gasteiger charge is -2.37. The summed E-state index contributed by atoms with van der Waals surface area (Å²) >= 11 is 0. The Bertz CT molecular complexity index is 348. The first-order valence-corrected chi connectivity index (χ1v) is 6.58. The van der Waals surface area contributed by atoms with Crippen molar-refractivity contribution in [3.63, 3.8) is 0 Å². The molecule has 1 spiro atoms. The number of fused-ring (bicyclic) bond motifs is 1. The van der Waals surface area contributed by atoms with Gasteiger partial charge < -0.3 is 5.73 Å². The summed E-state index contributed by atoms with van der Waals surface area (Å²) in [6.45, 7) is 0.892. The van der Waals surface area contributed by atoms with Crippen molar-refractivity contribution in [1.82, 2.24) is 0 Å². The van der Waals surface area contributed by atoms with E-state index >= 15 is 0 Å². The minimum absolute atomic E-state index is 0.607. The van der Waals surface area contributed by atoms with Gasteiger partial charge in [0.2, 0.25) is 0 Å². The highest BCUT2D eigenvalue weighted by molar-refractivity contribution is 5.34. The number of benzene rings is 1. The Balaban J connectivity index is 1.75. The van der Waals surface area contributed by atoms with Crippen molar-refractivity contribution >= 4 is 0 Å². The van der Waals surface area contributed by atoms with Gasteiger partial charge in [-0.15, -0.1) is 0 Å². The van der Waals surface area contributed by atoms with Crippen molar-refractivity contribution < 1.29 is 0 Å². The Morgan fingerprint density at radius 2 is 1.62 bits per heavy atom. The van der Waals surface area contributed by atoms with E-state index in [-0.39, 0.29) is 0 Å². The minimum atomic E-state index is 0.607. The van der Waals surface area contributed by atoms with Gasteiger partial charge in [0.15, 0.2) is 0 Å². The molecular weight excluding hydrogens is 194 g/mol. The SMILES string of the molecule is NCC1CCC2(CC1)Cc1ccccc1C2. The topological polar surface area (TPSA) is 26.0 Å². The first kappa shape index (κ1) is 10.3. The summed E-state index contributed by atoms with van der Waals surface area (Å²) in [5.41, 5.74) is 9.59. The number of hydrogen-bond acceptors (Lipinski definition) is 1. The summed E-state index contributed by atoms with van der Waals surface area (Å²) in [5, 5.41) is 0. The molecule has 0 bridgehead atoms. The molecule has 3 rings (SSSR count). The molecule has 0 heterocycles. The minimum Gasteiger partial charge on any atom is -0.330 e. The van der Waals surface area contributed by atoms with Gasteiger partial charge in [0, 0.05) is 0 Å². The van der Waals surface area contributed by atoms with Crippen LogP contribution in [0.15, 0.2) is 24.3 Å². The fourth-order valence-electron chi connectivity index (χ4n) is 3.65. The average molecular weight is 215 g/mol. The lowest BCUT2D eigenvalue weighted by molar-refractivity contribution is 0.162. The van der Waals surface area contributed by atoms with Crippen LogP contribution in [-0.2, 0) is 12.8 Å². The highest BCUT2D eigenvalue weighted by Gasteiger charge is 2.39. The van der Waals surface area contributed by atoms with Crippen LogP contribution < -0.4 is 5.73 Å². The maximum atomic E-state index is 5.77. The monoisotopic (exact) mass is 215 g/mol. The average Bonchev–Trinajstić information content (AvgIpc) is 2.68. The third-order valence-corrected chi connectivity index (χ3v) is 4.75. The molecule has 0 amide bonds. The molecule has 0 atom stereocenters. The van der Waals surface area contributed by atoms with Gasteiger partial charge in [-0.3, -0.25) is 0 Å². The normalized spacial score (nSPS) is 23.6. The molecule has 0 unspecified atom stereocenters. The second-order valence-electron chi connectivity index (χ2n) is 5.80. The zero-order valence-corrected chi connectivity index (χ0v) is 9.91. The molecular formula is C15H21N. The van der Waals surface area contributed by atoms with Crippen molar-refractivity contribution in [1.29, 1.82) is 0 Å². The molecule has 0 saturated heterocycles. The van der Waals surface area contributed by atoms with Crippen LogP contribution in [0.5, 0.6) is 0 Å². The second kappa shape index (κ2) is 3.89. The van der Waals surface area contributed by atoms with Gasteiger partial charge in [-0.25, -0.2) is 0 Å². The molecule has 0 aromatic heterocycles. The molecule has 0 radical (unpaired) electrons. The van der Waals surface area contributed by atoms with Crippen molar-refractivity contribution in [3.05, 3.63) is 35.4 Å². The zero-order valence-electron chi connectivity index (χ0n) is 9.91. The van der Waals surface area contributed by atoms with Crippen molar-refractivity contribution in [2.45, 2.75) is 38.5 Å². The van der Waals surface area contributed by atoms with Crippen molar-refractivity contribution in [3.8, 4) is 0 Å². The van der Waals surface area contributed by atoms with Crippen molar-refractivity contribution in [2.24, 2.45) is 17.1 Å². The van der Waals surface area contributed by atoms with Crippen LogP contribution in [0.1, 0.15) is 36.8 Å². The summed E-state index contributed by atoms with van der Waals surface area (Å²) in [7, 11) is 0. The van der Waals surface area contributed by atoms with Crippen LogP contribution in [0.4, 0.5) is 0 Å². The smallest absolute Gasteiger partial charge is 0.00489 e. The van der Waals surface area contributed by atoms with E-state index in [0.29, 0.717) is 5.41 Å². The van der Waals surface area contributed by atoms with Gasteiger partial charge in [0.05, 0.1) is 0 Å². The van der Waals surface area contributed by atoms with Crippen LogP contribution in [0, 0.1) is 11.3 Å². The number of hydrogen-bond donors (Lipinski definition) is 1. The molecule has 16 heavy (non-hydrogen) atoms. The van der Waals surface area contributed by atoms with Crippen LogP contribution >= 0.6 is 0 Å². The molecule has 2 aliphatic rings. The molecule has 1 heteroatoms. The van der Waals surface area contributed by atoms with Crippen molar-refractivity contribution in [2.75, 3.05) is 6.54 Å². The van der Waals surface area contributed by atoms with E-state index in [4.69, 9.17) is 5.73 Å². The standard InChI is InChI=1S/C15H21N/c16-11-12-5-7-15(8-6-12)9-13-3-1-2-4-14(13)10-15/h1-4,12H,5-11,16H2. The number of nitrogens with two attached hydrogens (primary N) is 1. The molecule has 86 valence electrons. The molecule has 1 nitrogen and oxygen atoms in total. The molecule has 0 aliphatic heterocycles. The Kier molecular flexibility index (Phi) is 2.51. The lowest BCUT2D eigenvalue weighted by atomic mass is 9.69. The van der Waals surface area contributed by atoms with Gasteiger partial charge in [0.1, 0.15) is 0 Å². The third-order valence-electron chi connectivity index (χ3n) is 4.75. The molecule has 1 aromatic rings. The Labute approximate surface area is 98.0 Å². The molecule has 1 saturated carbocycles. The van der Waals surface area contributed by atoms with E-state index in [0.717, 1.165) is 12.5 Å². The maximum absolute atomic E-state index is 5.77. The highest BCUT2D eigenvalue weighted by atomic mass is 14.6. The predicted molar refractivity (Wildman–Crippen MR) is 67.3 cm³/mol. The summed E-state index contributed by atoms with van der Waals surface area (Å²) in [4.78, 5) is 0. The van der Waals surface area contributed by atoms with Crippen LogP contribution in [0.2, 0.25) is 0 Å². The molecule has 1 aromatic carbocycles. The summed E-state index contributed by atoms with van der Waals surface area (Å²) in [6.07, 6.45) is 8.13.